The number of para-hydroxylation sites is 1. The Morgan fingerprint density at radius 2 is 1.86 bits per heavy atom. The van der Waals surface area contributed by atoms with Crippen molar-refractivity contribution in [3.8, 4) is 0 Å². The number of rotatable bonds is 6. The Bertz CT molecular complexity index is 612. The van der Waals surface area contributed by atoms with E-state index in [0.29, 0.717) is 6.42 Å². The molecule has 2 N–H and O–H groups in total. The van der Waals surface area contributed by atoms with Crippen LogP contribution in [0.15, 0.2) is 53.4 Å². The summed E-state index contributed by atoms with van der Waals surface area (Å²) in [6.07, 6.45) is 0.677. The van der Waals surface area contributed by atoms with E-state index in [0.717, 1.165) is 21.8 Å². The number of benzene rings is 2. The molecule has 2 aromatic rings. The van der Waals surface area contributed by atoms with Crippen LogP contribution >= 0.6 is 11.8 Å². The number of hydrogen-bond acceptors (Lipinski definition) is 4. The van der Waals surface area contributed by atoms with Crippen LogP contribution in [-0.4, -0.2) is 10.7 Å². The topological polar surface area (TPSA) is 69.2 Å². The van der Waals surface area contributed by atoms with Crippen molar-refractivity contribution in [3.05, 3.63) is 69.8 Å². The lowest BCUT2D eigenvalue weighted by molar-refractivity contribution is -0.385. The maximum atomic E-state index is 10.9. The summed E-state index contributed by atoms with van der Waals surface area (Å²) in [5.41, 5.74) is 7.90. The van der Waals surface area contributed by atoms with Crippen LogP contribution in [0.5, 0.6) is 0 Å². The van der Waals surface area contributed by atoms with Gasteiger partial charge in [-0.3, -0.25) is 10.1 Å². The van der Waals surface area contributed by atoms with Gasteiger partial charge in [-0.1, -0.05) is 30.3 Å². The number of hydrogen-bond donors (Lipinski definition) is 1. The third-order valence-corrected chi connectivity index (χ3v) is 4.25. The van der Waals surface area contributed by atoms with E-state index in [1.54, 1.807) is 23.9 Å². The predicted molar refractivity (Wildman–Crippen MR) is 86.6 cm³/mol. The molecule has 0 saturated carbocycles. The third-order valence-electron chi connectivity index (χ3n) is 3.23. The van der Waals surface area contributed by atoms with E-state index in [9.17, 15) is 10.1 Å². The largest absolute Gasteiger partial charge is 0.324 e. The van der Waals surface area contributed by atoms with Crippen LogP contribution < -0.4 is 5.73 Å². The average molecular weight is 302 g/mol. The average Bonchev–Trinajstić information content (AvgIpc) is 2.48. The molecule has 0 amide bonds. The Labute approximate surface area is 128 Å². The molecule has 0 aliphatic rings. The number of aryl methyl sites for hydroxylation is 1. The van der Waals surface area contributed by atoms with Crippen molar-refractivity contribution in [2.75, 3.05) is 5.75 Å². The molecular formula is C16H18N2O2S. The smallest absolute Gasteiger partial charge is 0.272 e. The van der Waals surface area contributed by atoms with Gasteiger partial charge >= 0.3 is 0 Å². The molecule has 0 aliphatic heterocycles. The second-order valence-corrected chi connectivity index (χ2v) is 6.01. The van der Waals surface area contributed by atoms with Crippen LogP contribution in [0.4, 0.5) is 5.69 Å². The first-order valence-electron chi connectivity index (χ1n) is 6.78. The van der Waals surface area contributed by atoms with Gasteiger partial charge in [0.25, 0.3) is 5.69 Å². The molecule has 0 fully saturated rings. The van der Waals surface area contributed by atoms with E-state index in [1.807, 2.05) is 43.3 Å². The highest BCUT2D eigenvalue weighted by molar-refractivity contribution is 7.99. The quantitative estimate of drug-likeness (QED) is 0.498. The molecule has 1 atom stereocenters. The molecule has 5 heteroatoms. The lowest BCUT2D eigenvalue weighted by Gasteiger charge is -2.07. The Morgan fingerprint density at radius 1 is 1.19 bits per heavy atom. The molecule has 0 saturated heterocycles. The molecule has 0 radical (unpaired) electrons. The van der Waals surface area contributed by atoms with Gasteiger partial charge in [0.05, 0.1) is 4.92 Å². The third kappa shape index (κ3) is 4.31. The lowest BCUT2D eigenvalue weighted by atomic mass is 10.1. The Hall–Kier alpha value is -1.85. The number of nitrogens with two attached hydrogens (primary N) is 1. The fourth-order valence-corrected chi connectivity index (χ4v) is 2.93. The molecule has 2 rings (SSSR count). The highest BCUT2D eigenvalue weighted by Gasteiger charge is 2.11. The van der Waals surface area contributed by atoms with E-state index >= 15 is 0 Å². The monoisotopic (exact) mass is 302 g/mol. The van der Waals surface area contributed by atoms with Crippen molar-refractivity contribution in [3.63, 3.8) is 0 Å². The van der Waals surface area contributed by atoms with Gasteiger partial charge in [0.2, 0.25) is 0 Å². The Kier molecular flexibility index (Phi) is 5.36. The maximum absolute atomic E-state index is 10.9. The minimum atomic E-state index is -0.322. The van der Waals surface area contributed by atoms with Gasteiger partial charge in [-0.25, -0.2) is 0 Å². The van der Waals surface area contributed by atoms with Crippen molar-refractivity contribution in [2.24, 2.45) is 5.73 Å². The second kappa shape index (κ2) is 7.24. The summed E-state index contributed by atoms with van der Waals surface area (Å²) in [5, 5.41) is 10.9. The predicted octanol–water partition coefficient (Wildman–Crippen LogP) is 3.95. The van der Waals surface area contributed by atoms with Gasteiger partial charge < -0.3 is 5.73 Å². The Balaban J connectivity index is 1.94. The van der Waals surface area contributed by atoms with E-state index in [4.69, 9.17) is 5.73 Å². The number of nitro benzene ring substituents is 1. The van der Waals surface area contributed by atoms with Crippen LogP contribution in [-0.2, 0) is 6.42 Å². The van der Waals surface area contributed by atoms with E-state index in [1.165, 1.54) is 0 Å². The highest BCUT2D eigenvalue weighted by Crippen LogP contribution is 2.24. The van der Waals surface area contributed by atoms with Crippen molar-refractivity contribution >= 4 is 17.4 Å². The zero-order valence-corrected chi connectivity index (χ0v) is 12.7. The van der Waals surface area contributed by atoms with Crippen molar-refractivity contribution in [1.29, 1.82) is 0 Å². The van der Waals surface area contributed by atoms with Gasteiger partial charge in [-0.05, 0) is 31.0 Å². The molecule has 0 aliphatic carbocycles. The maximum Gasteiger partial charge on any atom is 0.272 e. The number of nitrogens with zero attached hydrogens (tertiary/aromatic N) is 1. The zero-order valence-electron chi connectivity index (χ0n) is 11.9. The van der Waals surface area contributed by atoms with Crippen LogP contribution in [0.25, 0.3) is 0 Å². The summed E-state index contributed by atoms with van der Waals surface area (Å²) in [5.74, 6) is 0.808. The van der Waals surface area contributed by atoms with Crippen molar-refractivity contribution in [1.82, 2.24) is 0 Å². The van der Waals surface area contributed by atoms with Crippen LogP contribution in [0.3, 0.4) is 0 Å². The fraction of sp³-hybridized carbons (Fsp3) is 0.250. The molecule has 0 spiro atoms. The van der Waals surface area contributed by atoms with Gasteiger partial charge in [0, 0.05) is 28.3 Å². The summed E-state index contributed by atoms with van der Waals surface area (Å²) in [6.45, 7) is 1.96. The molecule has 0 heterocycles. The highest BCUT2D eigenvalue weighted by atomic mass is 32.2. The lowest BCUT2D eigenvalue weighted by Crippen LogP contribution is -2.04. The van der Waals surface area contributed by atoms with Gasteiger partial charge in [0.1, 0.15) is 0 Å². The summed E-state index contributed by atoms with van der Waals surface area (Å²) in [4.78, 5) is 11.8. The Morgan fingerprint density at radius 3 is 2.48 bits per heavy atom. The van der Waals surface area contributed by atoms with E-state index in [-0.39, 0.29) is 16.7 Å². The first kappa shape index (κ1) is 15.5. The van der Waals surface area contributed by atoms with Crippen molar-refractivity contribution < 1.29 is 4.92 Å². The summed E-state index contributed by atoms with van der Waals surface area (Å²) < 4.78 is 0. The minimum Gasteiger partial charge on any atom is -0.324 e. The van der Waals surface area contributed by atoms with Gasteiger partial charge in [-0.2, -0.15) is 0 Å². The summed E-state index contributed by atoms with van der Waals surface area (Å²) in [7, 11) is 0. The standard InChI is InChI=1S/C16H18N2O2S/c1-12(17)13-6-8-15(9-7-13)21-11-10-14-4-2-3-5-16(14)18(19)20/h2-9,12H,10-11,17H2,1H3. The van der Waals surface area contributed by atoms with Gasteiger partial charge in [0.15, 0.2) is 0 Å². The summed E-state index contributed by atoms with van der Waals surface area (Å²) >= 11 is 1.69. The number of thioether (sulfide) groups is 1. The minimum absolute atomic E-state index is 0.0380. The molecule has 1 unspecified atom stereocenters. The molecule has 110 valence electrons. The molecule has 2 aromatic carbocycles. The molecule has 4 nitrogen and oxygen atoms in total. The SMILES string of the molecule is CC(N)c1ccc(SCCc2ccccc2[N+](=O)[O-])cc1. The van der Waals surface area contributed by atoms with Crippen LogP contribution in [0, 0.1) is 10.1 Å². The second-order valence-electron chi connectivity index (χ2n) is 4.84. The van der Waals surface area contributed by atoms with Crippen molar-refractivity contribution in [2.45, 2.75) is 24.3 Å². The fourth-order valence-electron chi connectivity index (χ4n) is 2.05. The molecular weight excluding hydrogens is 284 g/mol. The van der Waals surface area contributed by atoms with E-state index < -0.39 is 0 Å². The molecule has 0 aromatic heterocycles. The molecule has 0 bridgehead atoms. The first-order chi connectivity index (χ1) is 10.1. The summed E-state index contributed by atoms with van der Waals surface area (Å²) in [6, 6.07) is 15.1. The van der Waals surface area contributed by atoms with Gasteiger partial charge in [-0.15, -0.1) is 11.8 Å². The van der Waals surface area contributed by atoms with Crippen LogP contribution in [0.1, 0.15) is 24.1 Å². The normalized spacial score (nSPS) is 12.1. The van der Waals surface area contributed by atoms with E-state index in [2.05, 4.69) is 0 Å². The number of nitro groups is 1. The first-order valence-corrected chi connectivity index (χ1v) is 7.77. The zero-order chi connectivity index (χ0) is 15.2. The van der Waals surface area contributed by atoms with Crippen LogP contribution in [0.2, 0.25) is 0 Å². The molecule has 21 heavy (non-hydrogen) atoms.